The van der Waals surface area contributed by atoms with Crippen LogP contribution in [0.15, 0.2) is 29.8 Å². The van der Waals surface area contributed by atoms with E-state index in [0.717, 1.165) is 24.0 Å². The van der Waals surface area contributed by atoms with Crippen LogP contribution in [0.5, 0.6) is 0 Å². The van der Waals surface area contributed by atoms with Gasteiger partial charge in [-0.2, -0.15) is 0 Å². The van der Waals surface area contributed by atoms with E-state index in [4.69, 9.17) is 11.6 Å². The van der Waals surface area contributed by atoms with Gasteiger partial charge in [0.15, 0.2) is 0 Å². The van der Waals surface area contributed by atoms with Crippen molar-refractivity contribution in [3.63, 3.8) is 0 Å². The summed E-state index contributed by atoms with van der Waals surface area (Å²) in [6.45, 7) is 3.94. The van der Waals surface area contributed by atoms with Crippen LogP contribution in [0, 0.1) is 0 Å². The molecule has 86 valence electrons. The number of carbonyl (C=O) groups is 1. The highest BCUT2D eigenvalue weighted by Gasteiger charge is 2.14. The summed E-state index contributed by atoms with van der Waals surface area (Å²) in [4.78, 5) is 11.3. The maximum Gasteiger partial charge on any atom is 0.336 e. The van der Waals surface area contributed by atoms with Gasteiger partial charge < -0.3 is 5.11 Å². The van der Waals surface area contributed by atoms with Gasteiger partial charge in [0.2, 0.25) is 0 Å². The van der Waals surface area contributed by atoms with E-state index >= 15 is 0 Å². The van der Waals surface area contributed by atoms with E-state index in [2.05, 4.69) is 0 Å². The van der Waals surface area contributed by atoms with Gasteiger partial charge in [-0.3, -0.25) is 0 Å². The molecule has 0 fully saturated rings. The van der Waals surface area contributed by atoms with Gasteiger partial charge in [0, 0.05) is 5.02 Å². The average Bonchev–Trinajstić information content (AvgIpc) is 2.27. The van der Waals surface area contributed by atoms with Crippen molar-refractivity contribution in [3.05, 3.63) is 40.4 Å². The second-order valence-corrected chi connectivity index (χ2v) is 3.93. The van der Waals surface area contributed by atoms with Crippen molar-refractivity contribution in [2.45, 2.75) is 26.7 Å². The zero-order valence-corrected chi connectivity index (χ0v) is 10.2. The van der Waals surface area contributed by atoms with Crippen LogP contribution in [0.1, 0.15) is 32.3 Å². The summed E-state index contributed by atoms with van der Waals surface area (Å²) in [6, 6.07) is 6.92. The van der Waals surface area contributed by atoms with E-state index in [9.17, 15) is 9.90 Å². The van der Waals surface area contributed by atoms with Gasteiger partial charge in [-0.25, -0.2) is 4.79 Å². The van der Waals surface area contributed by atoms with E-state index < -0.39 is 5.97 Å². The van der Waals surface area contributed by atoms with Gasteiger partial charge in [0.05, 0.1) is 5.57 Å². The minimum Gasteiger partial charge on any atom is -0.478 e. The molecule has 0 saturated heterocycles. The van der Waals surface area contributed by atoms with Gasteiger partial charge in [0.1, 0.15) is 0 Å². The number of allylic oxidation sites excluding steroid dienone is 1. The normalized spacial score (nSPS) is 9.94. The van der Waals surface area contributed by atoms with Crippen LogP contribution in [-0.4, -0.2) is 11.1 Å². The molecule has 3 heteroatoms. The number of carboxylic acid groups (broad SMARTS) is 1. The minimum atomic E-state index is -0.874. The van der Waals surface area contributed by atoms with Crippen molar-refractivity contribution in [3.8, 4) is 0 Å². The maximum absolute atomic E-state index is 11.3. The first-order valence-electron chi connectivity index (χ1n) is 5.31. The topological polar surface area (TPSA) is 37.3 Å². The van der Waals surface area contributed by atoms with Crippen molar-refractivity contribution in [2.24, 2.45) is 0 Å². The molecule has 0 aliphatic carbocycles. The SMILES string of the molecule is CCC(CC)=C(C(=O)O)c1ccc(Cl)cc1. The molecule has 0 atom stereocenters. The van der Waals surface area contributed by atoms with Crippen LogP contribution in [0.25, 0.3) is 5.57 Å². The monoisotopic (exact) mass is 238 g/mol. The maximum atomic E-state index is 11.3. The summed E-state index contributed by atoms with van der Waals surface area (Å²) in [5, 5.41) is 9.85. The van der Waals surface area contributed by atoms with Crippen molar-refractivity contribution in [1.82, 2.24) is 0 Å². The Labute approximate surface area is 101 Å². The lowest BCUT2D eigenvalue weighted by Gasteiger charge is -2.09. The number of rotatable bonds is 4. The van der Waals surface area contributed by atoms with E-state index in [0.29, 0.717) is 10.6 Å². The van der Waals surface area contributed by atoms with Crippen LogP contribution in [0.3, 0.4) is 0 Å². The molecular weight excluding hydrogens is 224 g/mol. The van der Waals surface area contributed by atoms with Gasteiger partial charge in [-0.05, 0) is 30.5 Å². The summed E-state index contributed by atoms with van der Waals surface area (Å²) >= 11 is 5.78. The Morgan fingerprint density at radius 3 is 2.06 bits per heavy atom. The second kappa shape index (κ2) is 5.71. The third kappa shape index (κ3) is 2.86. The zero-order chi connectivity index (χ0) is 12.1. The molecule has 0 heterocycles. The molecule has 0 radical (unpaired) electrons. The Balaban J connectivity index is 3.27. The number of aliphatic carboxylic acids is 1. The molecule has 0 saturated carbocycles. The fourth-order valence-electron chi connectivity index (χ4n) is 1.70. The van der Waals surface area contributed by atoms with E-state index in [-0.39, 0.29) is 0 Å². The Morgan fingerprint density at radius 1 is 1.19 bits per heavy atom. The quantitative estimate of drug-likeness (QED) is 0.805. The fourth-order valence-corrected chi connectivity index (χ4v) is 1.82. The Morgan fingerprint density at radius 2 is 1.69 bits per heavy atom. The third-order valence-corrected chi connectivity index (χ3v) is 2.81. The van der Waals surface area contributed by atoms with Crippen LogP contribution in [0.2, 0.25) is 5.02 Å². The van der Waals surface area contributed by atoms with Crippen molar-refractivity contribution < 1.29 is 9.90 Å². The number of hydrogen-bond donors (Lipinski definition) is 1. The van der Waals surface area contributed by atoms with Crippen LogP contribution in [0.4, 0.5) is 0 Å². The molecule has 1 aromatic carbocycles. The minimum absolute atomic E-state index is 0.404. The predicted octanol–water partition coefficient (Wildman–Crippen LogP) is 4.00. The number of halogens is 1. The average molecular weight is 239 g/mol. The summed E-state index contributed by atoms with van der Waals surface area (Å²) in [6.07, 6.45) is 1.50. The van der Waals surface area contributed by atoms with E-state index in [1.54, 1.807) is 24.3 Å². The molecule has 1 N–H and O–H groups in total. The van der Waals surface area contributed by atoms with E-state index in [1.165, 1.54) is 0 Å². The molecule has 0 spiro atoms. The molecule has 0 amide bonds. The molecule has 2 nitrogen and oxygen atoms in total. The van der Waals surface area contributed by atoms with Crippen molar-refractivity contribution >= 4 is 23.1 Å². The molecule has 0 aromatic heterocycles. The fraction of sp³-hybridized carbons (Fsp3) is 0.308. The van der Waals surface area contributed by atoms with Crippen molar-refractivity contribution in [2.75, 3.05) is 0 Å². The standard InChI is InChI=1S/C13H15ClO2/c1-3-9(4-2)12(13(15)16)10-5-7-11(14)8-6-10/h5-8H,3-4H2,1-2H3,(H,15,16). The summed E-state index contributed by atoms with van der Waals surface area (Å²) < 4.78 is 0. The molecule has 16 heavy (non-hydrogen) atoms. The number of carboxylic acids is 1. The number of hydrogen-bond acceptors (Lipinski definition) is 1. The smallest absolute Gasteiger partial charge is 0.336 e. The van der Waals surface area contributed by atoms with Crippen molar-refractivity contribution in [1.29, 1.82) is 0 Å². The molecular formula is C13H15ClO2. The zero-order valence-electron chi connectivity index (χ0n) is 9.46. The second-order valence-electron chi connectivity index (χ2n) is 3.50. The molecule has 0 bridgehead atoms. The lowest BCUT2D eigenvalue weighted by atomic mass is 9.97. The number of benzene rings is 1. The summed E-state index contributed by atoms with van der Waals surface area (Å²) in [7, 11) is 0. The molecule has 1 aromatic rings. The van der Waals surface area contributed by atoms with Gasteiger partial charge in [0.25, 0.3) is 0 Å². The van der Waals surface area contributed by atoms with Gasteiger partial charge in [-0.15, -0.1) is 0 Å². The van der Waals surface area contributed by atoms with Gasteiger partial charge >= 0.3 is 5.97 Å². The summed E-state index contributed by atoms with van der Waals surface area (Å²) in [5.41, 5.74) is 2.08. The highest BCUT2D eigenvalue weighted by molar-refractivity contribution is 6.30. The Bertz CT molecular complexity index is 398. The first-order chi connectivity index (χ1) is 7.60. The molecule has 1 rings (SSSR count). The largest absolute Gasteiger partial charge is 0.478 e. The Hall–Kier alpha value is -1.28. The molecule has 0 unspecified atom stereocenters. The first kappa shape index (κ1) is 12.8. The molecule has 0 aliphatic rings. The van der Waals surface area contributed by atoms with Crippen LogP contribution >= 0.6 is 11.6 Å². The lowest BCUT2D eigenvalue weighted by Crippen LogP contribution is -2.03. The Kier molecular flexibility index (Phi) is 4.56. The lowest BCUT2D eigenvalue weighted by molar-refractivity contribution is -0.130. The highest BCUT2D eigenvalue weighted by Crippen LogP contribution is 2.24. The third-order valence-electron chi connectivity index (χ3n) is 2.55. The van der Waals surface area contributed by atoms with E-state index in [1.807, 2.05) is 13.8 Å². The van der Waals surface area contributed by atoms with Crippen LogP contribution in [-0.2, 0) is 4.79 Å². The highest BCUT2D eigenvalue weighted by atomic mass is 35.5. The first-order valence-corrected chi connectivity index (χ1v) is 5.69. The van der Waals surface area contributed by atoms with Crippen LogP contribution < -0.4 is 0 Å². The predicted molar refractivity (Wildman–Crippen MR) is 66.6 cm³/mol. The van der Waals surface area contributed by atoms with Gasteiger partial charge in [-0.1, -0.05) is 43.2 Å². The molecule has 0 aliphatic heterocycles. The summed E-state index contributed by atoms with van der Waals surface area (Å²) in [5.74, 6) is -0.874.